The number of nitrogens with one attached hydrogen (secondary N) is 1. The largest absolute Gasteiger partial charge is 0.461 e. The van der Waals surface area contributed by atoms with Gasteiger partial charge in [0, 0.05) is 5.69 Å². The third-order valence-corrected chi connectivity index (χ3v) is 5.29. The van der Waals surface area contributed by atoms with Gasteiger partial charge in [0.15, 0.2) is 5.76 Å². The smallest absolute Gasteiger partial charge is 0.242 e. The molecule has 29 heavy (non-hydrogen) atoms. The first-order valence-electron chi connectivity index (χ1n) is 8.64. The number of carbonyl (C=O) groups excluding carboxylic acids is 1. The monoisotopic (exact) mass is 409 g/mol. The van der Waals surface area contributed by atoms with Crippen molar-refractivity contribution in [1.29, 1.82) is 0 Å². The second kappa shape index (κ2) is 8.19. The number of amides is 1. The summed E-state index contributed by atoms with van der Waals surface area (Å²) in [5.41, 5.74) is 1.25. The van der Waals surface area contributed by atoms with Crippen molar-refractivity contribution in [1.82, 2.24) is 14.9 Å². The van der Waals surface area contributed by atoms with Gasteiger partial charge in [-0.05, 0) is 42.0 Å². The normalized spacial score (nSPS) is 11.9. The van der Waals surface area contributed by atoms with Crippen LogP contribution in [0.15, 0.2) is 82.6 Å². The third-order valence-electron chi connectivity index (χ3n) is 4.08. The summed E-state index contributed by atoms with van der Waals surface area (Å²) >= 11 is 1.15. The van der Waals surface area contributed by atoms with Crippen molar-refractivity contribution in [2.75, 3.05) is 11.2 Å². The lowest BCUT2D eigenvalue weighted by Crippen LogP contribution is -2.20. The number of hydrogen-bond acceptors (Lipinski definition) is 6. The molecule has 2 aromatic carbocycles. The van der Waals surface area contributed by atoms with Gasteiger partial charge in [-0.15, -0.1) is 10.2 Å². The molecule has 0 fully saturated rings. The molecule has 2 aromatic heterocycles. The molecule has 1 amide bonds. The average Bonchev–Trinajstić information content (AvgIpc) is 3.38. The molecule has 9 heteroatoms. The molecule has 0 saturated carbocycles. The standard InChI is InChI=1S/C20H16FN5O2S/c21-14-8-10-15(11-9-14)23-19(27)17(13-5-2-1-3-6-13)29-20-25-24-18(26(20)22)16-7-4-12-28-16/h1-12,17H,22H2,(H,23,27)/t17-/m1/s1. The number of carbonyl (C=O) groups is 1. The Morgan fingerprint density at radius 2 is 1.83 bits per heavy atom. The van der Waals surface area contributed by atoms with Gasteiger partial charge in [-0.2, -0.15) is 0 Å². The van der Waals surface area contributed by atoms with Gasteiger partial charge < -0.3 is 15.6 Å². The third kappa shape index (κ3) is 4.14. The lowest BCUT2D eigenvalue weighted by Gasteiger charge is -2.16. The van der Waals surface area contributed by atoms with Crippen LogP contribution >= 0.6 is 11.8 Å². The van der Waals surface area contributed by atoms with Crippen LogP contribution in [-0.2, 0) is 4.79 Å². The maximum atomic E-state index is 13.1. The van der Waals surface area contributed by atoms with Crippen molar-refractivity contribution >= 4 is 23.4 Å². The second-order valence-electron chi connectivity index (χ2n) is 6.06. The molecular weight excluding hydrogens is 393 g/mol. The maximum absolute atomic E-state index is 13.1. The van der Waals surface area contributed by atoms with Gasteiger partial charge in [-0.3, -0.25) is 4.79 Å². The van der Waals surface area contributed by atoms with E-state index in [9.17, 15) is 9.18 Å². The van der Waals surface area contributed by atoms with Gasteiger partial charge in [0.05, 0.1) is 6.26 Å². The molecule has 0 aliphatic carbocycles. The molecule has 0 bridgehead atoms. The van der Waals surface area contributed by atoms with E-state index in [0.717, 1.165) is 17.3 Å². The van der Waals surface area contributed by atoms with Gasteiger partial charge in [-0.1, -0.05) is 42.1 Å². The summed E-state index contributed by atoms with van der Waals surface area (Å²) in [6.45, 7) is 0. The number of nitrogens with two attached hydrogens (primary N) is 1. The molecule has 1 atom stereocenters. The van der Waals surface area contributed by atoms with Gasteiger partial charge in [0.25, 0.3) is 0 Å². The van der Waals surface area contributed by atoms with Crippen LogP contribution < -0.4 is 11.2 Å². The van der Waals surface area contributed by atoms with Gasteiger partial charge in [-0.25, -0.2) is 9.07 Å². The zero-order chi connectivity index (χ0) is 20.2. The molecule has 0 spiro atoms. The maximum Gasteiger partial charge on any atom is 0.242 e. The highest BCUT2D eigenvalue weighted by molar-refractivity contribution is 8.00. The quantitative estimate of drug-likeness (QED) is 0.371. The van der Waals surface area contributed by atoms with E-state index in [1.807, 2.05) is 30.3 Å². The highest BCUT2D eigenvalue weighted by Crippen LogP contribution is 2.36. The minimum atomic E-state index is -0.655. The number of furan rings is 1. The van der Waals surface area contributed by atoms with Gasteiger partial charge in [0.1, 0.15) is 11.1 Å². The van der Waals surface area contributed by atoms with Crippen LogP contribution in [0.5, 0.6) is 0 Å². The fraction of sp³-hybridized carbons (Fsp3) is 0.0500. The molecule has 0 radical (unpaired) electrons. The first-order valence-corrected chi connectivity index (χ1v) is 9.52. The molecule has 4 aromatic rings. The fourth-order valence-electron chi connectivity index (χ4n) is 2.68. The van der Waals surface area contributed by atoms with E-state index < -0.39 is 5.25 Å². The summed E-state index contributed by atoms with van der Waals surface area (Å²) in [5.74, 6) is 6.28. The van der Waals surface area contributed by atoms with E-state index in [2.05, 4.69) is 15.5 Å². The summed E-state index contributed by atoms with van der Waals surface area (Å²) in [6, 6.07) is 18.2. The first-order chi connectivity index (χ1) is 14.1. The van der Waals surface area contributed by atoms with E-state index in [-0.39, 0.29) is 11.7 Å². The minimum Gasteiger partial charge on any atom is -0.461 e. The van der Waals surface area contributed by atoms with Crippen molar-refractivity contribution in [2.45, 2.75) is 10.4 Å². The molecule has 7 nitrogen and oxygen atoms in total. The number of rotatable bonds is 6. The Morgan fingerprint density at radius 3 is 2.52 bits per heavy atom. The van der Waals surface area contributed by atoms with E-state index in [4.69, 9.17) is 10.3 Å². The Labute approximate surface area is 169 Å². The van der Waals surface area contributed by atoms with Crippen LogP contribution in [0.2, 0.25) is 0 Å². The van der Waals surface area contributed by atoms with E-state index in [0.29, 0.717) is 22.4 Å². The molecule has 0 aliphatic heterocycles. The van der Waals surface area contributed by atoms with Crippen molar-refractivity contribution in [3.63, 3.8) is 0 Å². The zero-order valence-electron chi connectivity index (χ0n) is 15.0. The van der Waals surface area contributed by atoms with Crippen LogP contribution in [0.4, 0.5) is 10.1 Å². The van der Waals surface area contributed by atoms with Gasteiger partial charge >= 0.3 is 0 Å². The Balaban J connectivity index is 1.61. The number of thioether (sulfide) groups is 1. The summed E-state index contributed by atoms with van der Waals surface area (Å²) in [6.07, 6.45) is 1.51. The van der Waals surface area contributed by atoms with Crippen LogP contribution in [0.25, 0.3) is 11.6 Å². The molecule has 0 aliphatic rings. The lowest BCUT2D eigenvalue weighted by molar-refractivity contribution is -0.115. The highest BCUT2D eigenvalue weighted by atomic mass is 32.2. The predicted octanol–water partition coefficient (Wildman–Crippen LogP) is 3.86. The summed E-state index contributed by atoms with van der Waals surface area (Å²) in [7, 11) is 0. The Bertz CT molecular complexity index is 1100. The average molecular weight is 409 g/mol. The Kier molecular flexibility index (Phi) is 5.30. The number of nitrogens with zero attached hydrogens (tertiary/aromatic N) is 3. The molecule has 0 unspecified atom stereocenters. The number of aromatic nitrogens is 3. The zero-order valence-corrected chi connectivity index (χ0v) is 15.8. The van der Waals surface area contributed by atoms with E-state index in [1.54, 1.807) is 12.1 Å². The van der Waals surface area contributed by atoms with Crippen LogP contribution in [0, 0.1) is 5.82 Å². The number of hydrogen-bond donors (Lipinski definition) is 2. The van der Waals surface area contributed by atoms with E-state index >= 15 is 0 Å². The van der Waals surface area contributed by atoms with Crippen LogP contribution in [0.3, 0.4) is 0 Å². The molecule has 2 heterocycles. The number of nitrogen functional groups attached to an aromatic ring is 1. The fourth-order valence-corrected chi connectivity index (χ4v) is 3.64. The molecule has 0 saturated heterocycles. The van der Waals surface area contributed by atoms with E-state index in [1.165, 1.54) is 35.2 Å². The topological polar surface area (TPSA) is 99.0 Å². The number of benzene rings is 2. The summed E-state index contributed by atoms with van der Waals surface area (Å²) in [5, 5.41) is 10.6. The molecule has 146 valence electrons. The van der Waals surface area contributed by atoms with Crippen LogP contribution in [-0.4, -0.2) is 20.8 Å². The molecule has 3 N–H and O–H groups in total. The second-order valence-corrected chi connectivity index (χ2v) is 7.13. The summed E-state index contributed by atoms with van der Waals surface area (Å²) < 4.78 is 19.7. The molecule has 4 rings (SSSR count). The minimum absolute atomic E-state index is 0.296. The molecular formula is C20H16FN5O2S. The van der Waals surface area contributed by atoms with Gasteiger partial charge in [0.2, 0.25) is 16.9 Å². The van der Waals surface area contributed by atoms with Crippen LogP contribution in [0.1, 0.15) is 10.8 Å². The number of halogens is 1. The highest BCUT2D eigenvalue weighted by Gasteiger charge is 2.26. The number of anilines is 1. The lowest BCUT2D eigenvalue weighted by atomic mass is 10.1. The van der Waals surface area contributed by atoms with Crippen molar-refractivity contribution in [3.8, 4) is 11.6 Å². The van der Waals surface area contributed by atoms with Crippen molar-refractivity contribution < 1.29 is 13.6 Å². The van der Waals surface area contributed by atoms with Crippen molar-refractivity contribution in [3.05, 3.63) is 84.4 Å². The summed E-state index contributed by atoms with van der Waals surface area (Å²) in [4.78, 5) is 13.0. The predicted molar refractivity (Wildman–Crippen MR) is 108 cm³/mol. The first kappa shape index (κ1) is 18.8. The Morgan fingerprint density at radius 1 is 1.07 bits per heavy atom. The Hall–Kier alpha value is -3.59. The van der Waals surface area contributed by atoms with Crippen molar-refractivity contribution in [2.24, 2.45) is 0 Å². The SMILES string of the molecule is Nn1c(S[C@@H](C(=O)Nc2ccc(F)cc2)c2ccccc2)nnc1-c1ccco1.